The molecule has 31 heavy (non-hydrogen) atoms. The Kier molecular flexibility index (Phi) is 6.07. The van der Waals surface area contributed by atoms with Crippen LogP contribution in [0.3, 0.4) is 0 Å². The Labute approximate surface area is 182 Å². The van der Waals surface area contributed by atoms with Crippen molar-refractivity contribution in [3.8, 4) is 0 Å². The van der Waals surface area contributed by atoms with Crippen LogP contribution in [0.2, 0.25) is 0 Å². The van der Waals surface area contributed by atoms with Crippen molar-refractivity contribution >= 4 is 17.2 Å². The van der Waals surface area contributed by atoms with Gasteiger partial charge in [-0.3, -0.25) is 4.79 Å². The van der Waals surface area contributed by atoms with E-state index in [0.717, 1.165) is 55.3 Å². The first-order valence-corrected chi connectivity index (χ1v) is 10.8. The number of fused-ring (bicyclic) bond motifs is 1. The molecule has 1 aliphatic rings. The molecule has 0 aliphatic carbocycles. The molecule has 3 aromatic rings. The molecule has 0 bridgehead atoms. The topological polar surface area (TPSA) is 80.0 Å². The predicted molar refractivity (Wildman–Crippen MR) is 120 cm³/mol. The second-order valence-corrected chi connectivity index (χ2v) is 8.83. The zero-order valence-corrected chi connectivity index (χ0v) is 18.4. The number of nitrogens with zero attached hydrogens (tertiary/aromatic N) is 4. The molecule has 1 saturated heterocycles. The lowest BCUT2D eigenvalue weighted by molar-refractivity contribution is 0.0784. The number of rotatable bonds is 7. The van der Waals surface area contributed by atoms with E-state index < -0.39 is 5.60 Å². The number of benzene rings is 1. The molecule has 3 heterocycles. The molecular formula is C24H30N4O3. The molecule has 0 radical (unpaired) electrons. The number of carbonyl (C=O) groups is 1. The monoisotopic (exact) mass is 422 g/mol. The normalized spacial score (nSPS) is 15.5. The van der Waals surface area contributed by atoms with Gasteiger partial charge in [0.2, 0.25) is 0 Å². The van der Waals surface area contributed by atoms with Crippen molar-refractivity contribution in [2.45, 2.75) is 38.7 Å². The molecule has 7 nitrogen and oxygen atoms in total. The molecule has 4 rings (SSSR count). The molecule has 7 heteroatoms. The summed E-state index contributed by atoms with van der Waals surface area (Å²) in [5, 5.41) is 14.6. The third-order valence-electron chi connectivity index (χ3n) is 5.99. The maximum atomic E-state index is 12.9. The summed E-state index contributed by atoms with van der Waals surface area (Å²) in [4.78, 5) is 19.9. The van der Waals surface area contributed by atoms with Gasteiger partial charge < -0.3 is 14.7 Å². The average molecular weight is 423 g/mol. The molecule has 1 aromatic carbocycles. The molecule has 0 amide bonds. The Bertz CT molecular complexity index is 1040. The largest absolute Gasteiger partial charge is 0.386 e. The Balaban J connectivity index is 1.54. The summed E-state index contributed by atoms with van der Waals surface area (Å²) < 4.78 is 7.16. The van der Waals surface area contributed by atoms with E-state index in [0.29, 0.717) is 11.5 Å². The first-order chi connectivity index (χ1) is 14.8. The van der Waals surface area contributed by atoms with Crippen LogP contribution in [0.1, 0.15) is 48.3 Å². The second-order valence-electron chi connectivity index (χ2n) is 8.83. The van der Waals surface area contributed by atoms with Crippen LogP contribution in [-0.2, 0) is 16.8 Å². The molecule has 1 N–H and O–H groups in total. The van der Waals surface area contributed by atoms with E-state index in [2.05, 4.69) is 15.0 Å². The van der Waals surface area contributed by atoms with Crippen LogP contribution in [0.5, 0.6) is 0 Å². The van der Waals surface area contributed by atoms with Crippen LogP contribution in [0.25, 0.3) is 5.65 Å². The molecule has 0 saturated carbocycles. The summed E-state index contributed by atoms with van der Waals surface area (Å²) in [7, 11) is 1.75. The molecule has 164 valence electrons. The smallest absolute Gasteiger partial charge is 0.168 e. The first-order valence-electron chi connectivity index (χ1n) is 10.8. The standard InChI is InChI=1S/C24H30N4O3/c1-24(2,30)19-6-4-18(5-7-19)21(29)14-20-15-23(28-22(26-20)8-11-25-28)27-12-9-17(10-13-27)16-31-3/h4-8,11,15,17,30H,9-10,12-14,16H2,1-3H3. The Hall–Kier alpha value is -2.77. The van der Waals surface area contributed by atoms with Crippen LogP contribution >= 0.6 is 0 Å². The third-order valence-corrected chi connectivity index (χ3v) is 5.99. The van der Waals surface area contributed by atoms with Crippen molar-refractivity contribution in [2.75, 3.05) is 31.7 Å². The number of Topliss-reactive ketones (excluding diaryl/α,β-unsaturated/α-hetero) is 1. The van der Waals surface area contributed by atoms with E-state index in [1.165, 1.54) is 0 Å². The van der Waals surface area contributed by atoms with Crippen LogP contribution in [0.15, 0.2) is 42.6 Å². The predicted octanol–water partition coefficient (Wildman–Crippen LogP) is 3.24. The zero-order chi connectivity index (χ0) is 22.0. The third kappa shape index (κ3) is 4.78. The van der Waals surface area contributed by atoms with Crippen LogP contribution < -0.4 is 4.90 Å². The van der Waals surface area contributed by atoms with Crippen molar-refractivity contribution in [1.29, 1.82) is 0 Å². The number of hydrogen-bond acceptors (Lipinski definition) is 6. The highest BCUT2D eigenvalue weighted by molar-refractivity contribution is 5.97. The number of piperidine rings is 1. The summed E-state index contributed by atoms with van der Waals surface area (Å²) in [5.74, 6) is 1.57. The fourth-order valence-corrected chi connectivity index (χ4v) is 4.16. The Morgan fingerprint density at radius 1 is 1.19 bits per heavy atom. The number of aromatic nitrogens is 3. The van der Waals surface area contributed by atoms with E-state index in [-0.39, 0.29) is 12.2 Å². The lowest BCUT2D eigenvalue weighted by atomic mass is 9.96. The van der Waals surface area contributed by atoms with Gasteiger partial charge in [-0.15, -0.1) is 0 Å². The summed E-state index contributed by atoms with van der Waals surface area (Å²) in [6.07, 6.45) is 4.10. The van der Waals surface area contributed by atoms with Gasteiger partial charge >= 0.3 is 0 Å². The number of aliphatic hydroxyl groups is 1. The summed E-state index contributed by atoms with van der Waals surface area (Å²) in [5.41, 5.74) is 1.95. The molecule has 0 atom stereocenters. The van der Waals surface area contributed by atoms with Crippen molar-refractivity contribution in [3.05, 3.63) is 59.4 Å². The molecule has 0 unspecified atom stereocenters. The number of ketones is 1. The first kappa shape index (κ1) is 21.5. The van der Waals surface area contributed by atoms with Crippen molar-refractivity contribution < 1.29 is 14.6 Å². The molecule has 2 aromatic heterocycles. The van der Waals surface area contributed by atoms with Gasteiger partial charge in [-0.05, 0) is 38.2 Å². The van der Waals surface area contributed by atoms with Crippen LogP contribution in [0, 0.1) is 5.92 Å². The number of ether oxygens (including phenoxy) is 1. The molecular weight excluding hydrogens is 392 g/mol. The van der Waals surface area contributed by atoms with Gasteiger partial charge in [0.15, 0.2) is 11.4 Å². The lowest BCUT2D eigenvalue weighted by Gasteiger charge is -2.33. The van der Waals surface area contributed by atoms with Crippen LogP contribution in [-0.4, -0.2) is 52.3 Å². The van der Waals surface area contributed by atoms with Gasteiger partial charge in [-0.2, -0.15) is 9.61 Å². The van der Waals surface area contributed by atoms with Gasteiger partial charge in [-0.25, -0.2) is 4.98 Å². The highest BCUT2D eigenvalue weighted by atomic mass is 16.5. The average Bonchev–Trinajstić information content (AvgIpc) is 3.22. The number of methoxy groups -OCH3 is 1. The number of anilines is 1. The Morgan fingerprint density at radius 3 is 2.55 bits per heavy atom. The van der Waals surface area contributed by atoms with E-state index in [4.69, 9.17) is 4.74 Å². The van der Waals surface area contributed by atoms with Gasteiger partial charge in [0, 0.05) is 44.5 Å². The van der Waals surface area contributed by atoms with Crippen molar-refractivity contribution in [2.24, 2.45) is 5.92 Å². The maximum absolute atomic E-state index is 12.9. The molecule has 1 aliphatic heterocycles. The van der Waals surface area contributed by atoms with E-state index in [1.54, 1.807) is 51.4 Å². The van der Waals surface area contributed by atoms with Gasteiger partial charge in [0.1, 0.15) is 5.82 Å². The quantitative estimate of drug-likeness (QED) is 0.589. The second kappa shape index (κ2) is 8.77. The summed E-state index contributed by atoms with van der Waals surface area (Å²) >= 11 is 0. The van der Waals surface area contributed by atoms with E-state index >= 15 is 0 Å². The number of hydrogen-bond donors (Lipinski definition) is 1. The highest BCUT2D eigenvalue weighted by Gasteiger charge is 2.23. The fourth-order valence-electron chi connectivity index (χ4n) is 4.16. The van der Waals surface area contributed by atoms with Gasteiger partial charge in [0.05, 0.1) is 23.9 Å². The minimum atomic E-state index is -0.929. The minimum Gasteiger partial charge on any atom is -0.386 e. The SMILES string of the molecule is COCC1CCN(c2cc(CC(=O)c3ccc(C(C)(C)O)cc3)nc3ccnn23)CC1. The van der Waals surface area contributed by atoms with Crippen LogP contribution in [0.4, 0.5) is 5.82 Å². The lowest BCUT2D eigenvalue weighted by Crippen LogP contribution is -2.36. The van der Waals surface area contributed by atoms with Crippen molar-refractivity contribution in [3.63, 3.8) is 0 Å². The van der Waals surface area contributed by atoms with Gasteiger partial charge in [0.25, 0.3) is 0 Å². The van der Waals surface area contributed by atoms with Gasteiger partial charge in [-0.1, -0.05) is 24.3 Å². The Morgan fingerprint density at radius 2 is 1.90 bits per heavy atom. The zero-order valence-electron chi connectivity index (χ0n) is 18.4. The van der Waals surface area contributed by atoms with E-state index in [1.807, 2.05) is 16.6 Å². The molecule has 1 fully saturated rings. The minimum absolute atomic E-state index is 0.00316. The number of carbonyl (C=O) groups excluding carboxylic acids is 1. The highest BCUT2D eigenvalue weighted by Crippen LogP contribution is 2.25. The molecule has 0 spiro atoms. The summed E-state index contributed by atoms with van der Waals surface area (Å²) in [6, 6.07) is 11.0. The fraction of sp³-hybridized carbons (Fsp3) is 0.458. The maximum Gasteiger partial charge on any atom is 0.168 e. The van der Waals surface area contributed by atoms with Crippen molar-refractivity contribution in [1.82, 2.24) is 14.6 Å². The van der Waals surface area contributed by atoms with E-state index in [9.17, 15) is 9.90 Å². The summed E-state index contributed by atoms with van der Waals surface area (Å²) in [6.45, 7) is 6.12.